The molecular weight excluding hydrogens is 364 g/mol. The SMILES string of the molecule is CC(C)C(C)NC(=O)CSc1n[nH]c(-c2ccc(Br)cc2)n1. The number of aromatic amines is 1. The Labute approximate surface area is 142 Å². The number of thioether (sulfide) groups is 1. The van der Waals surface area contributed by atoms with Gasteiger partial charge < -0.3 is 5.32 Å². The fourth-order valence-corrected chi connectivity index (χ4v) is 2.51. The molecule has 1 heterocycles. The van der Waals surface area contributed by atoms with Gasteiger partial charge in [-0.3, -0.25) is 9.89 Å². The molecule has 2 aromatic rings. The van der Waals surface area contributed by atoms with E-state index in [2.05, 4.69) is 50.3 Å². The van der Waals surface area contributed by atoms with E-state index in [1.54, 1.807) is 0 Å². The lowest BCUT2D eigenvalue weighted by Gasteiger charge is -2.16. The second-order valence-corrected chi connectivity index (χ2v) is 7.22. The highest BCUT2D eigenvalue weighted by molar-refractivity contribution is 9.10. The van der Waals surface area contributed by atoms with Crippen molar-refractivity contribution in [3.05, 3.63) is 28.7 Å². The first-order chi connectivity index (χ1) is 10.5. The zero-order valence-electron chi connectivity index (χ0n) is 12.8. The van der Waals surface area contributed by atoms with Crippen LogP contribution in [0.3, 0.4) is 0 Å². The van der Waals surface area contributed by atoms with Crippen LogP contribution in [0, 0.1) is 5.92 Å². The van der Waals surface area contributed by atoms with E-state index in [-0.39, 0.29) is 11.9 Å². The molecule has 0 fully saturated rings. The second kappa shape index (κ2) is 7.78. The molecule has 0 aliphatic carbocycles. The summed E-state index contributed by atoms with van der Waals surface area (Å²) in [5.74, 6) is 1.43. The Bertz CT molecular complexity index is 627. The van der Waals surface area contributed by atoms with Crippen LogP contribution >= 0.6 is 27.7 Å². The average molecular weight is 383 g/mol. The molecule has 0 aliphatic heterocycles. The van der Waals surface area contributed by atoms with Crippen LogP contribution in [-0.4, -0.2) is 32.9 Å². The highest BCUT2D eigenvalue weighted by atomic mass is 79.9. The number of aromatic nitrogens is 3. The molecule has 0 bridgehead atoms. The van der Waals surface area contributed by atoms with E-state index in [0.29, 0.717) is 22.7 Å². The smallest absolute Gasteiger partial charge is 0.230 e. The molecule has 1 amide bonds. The fourth-order valence-electron chi connectivity index (χ4n) is 1.64. The summed E-state index contributed by atoms with van der Waals surface area (Å²) in [6.45, 7) is 6.17. The largest absolute Gasteiger partial charge is 0.353 e. The number of carbonyl (C=O) groups excluding carboxylic acids is 1. The van der Waals surface area contributed by atoms with Crippen LogP contribution in [0.15, 0.2) is 33.9 Å². The number of hydrogen-bond acceptors (Lipinski definition) is 4. The molecule has 2 rings (SSSR count). The maximum absolute atomic E-state index is 11.8. The lowest BCUT2D eigenvalue weighted by molar-refractivity contribution is -0.119. The normalized spacial score (nSPS) is 12.4. The highest BCUT2D eigenvalue weighted by Crippen LogP contribution is 2.21. The summed E-state index contributed by atoms with van der Waals surface area (Å²) in [6, 6.07) is 7.97. The Morgan fingerprint density at radius 1 is 1.32 bits per heavy atom. The van der Waals surface area contributed by atoms with Crippen LogP contribution in [0.4, 0.5) is 0 Å². The summed E-state index contributed by atoms with van der Waals surface area (Å²) < 4.78 is 1.02. The monoisotopic (exact) mass is 382 g/mol. The minimum atomic E-state index is 0.00110. The van der Waals surface area contributed by atoms with Crippen LogP contribution < -0.4 is 5.32 Å². The van der Waals surface area contributed by atoms with Crippen LogP contribution in [0.25, 0.3) is 11.4 Å². The molecule has 118 valence electrons. The van der Waals surface area contributed by atoms with Crippen molar-refractivity contribution in [2.75, 3.05) is 5.75 Å². The van der Waals surface area contributed by atoms with Crippen molar-refractivity contribution in [1.29, 1.82) is 0 Å². The number of rotatable bonds is 6. The van der Waals surface area contributed by atoms with Crippen molar-refractivity contribution in [3.63, 3.8) is 0 Å². The molecule has 0 saturated heterocycles. The lowest BCUT2D eigenvalue weighted by Crippen LogP contribution is -2.37. The van der Waals surface area contributed by atoms with Gasteiger partial charge >= 0.3 is 0 Å². The first kappa shape index (κ1) is 17.0. The molecule has 1 atom stereocenters. The standard InChI is InChI=1S/C15H19BrN4OS/c1-9(2)10(3)17-13(21)8-22-15-18-14(19-20-15)11-4-6-12(16)7-5-11/h4-7,9-10H,8H2,1-3H3,(H,17,21)(H,18,19,20). The highest BCUT2D eigenvalue weighted by Gasteiger charge is 2.12. The molecular formula is C15H19BrN4OS. The van der Waals surface area contributed by atoms with Gasteiger partial charge in [-0.1, -0.05) is 53.7 Å². The van der Waals surface area contributed by atoms with Crippen molar-refractivity contribution >= 4 is 33.6 Å². The molecule has 1 aromatic carbocycles. The molecule has 0 aliphatic rings. The second-order valence-electron chi connectivity index (χ2n) is 5.36. The molecule has 22 heavy (non-hydrogen) atoms. The number of benzene rings is 1. The van der Waals surface area contributed by atoms with Gasteiger partial charge in [-0.2, -0.15) is 0 Å². The van der Waals surface area contributed by atoms with Crippen molar-refractivity contribution in [1.82, 2.24) is 20.5 Å². The molecule has 1 unspecified atom stereocenters. The van der Waals surface area contributed by atoms with Gasteiger partial charge in [0.25, 0.3) is 0 Å². The van der Waals surface area contributed by atoms with Gasteiger partial charge in [0.2, 0.25) is 11.1 Å². The first-order valence-corrected chi connectivity index (χ1v) is 8.84. The number of amides is 1. The molecule has 5 nitrogen and oxygen atoms in total. The first-order valence-electron chi connectivity index (χ1n) is 7.06. The summed E-state index contributed by atoms with van der Waals surface area (Å²) in [6.07, 6.45) is 0. The Kier molecular flexibility index (Phi) is 6.02. The molecule has 7 heteroatoms. The number of carbonyl (C=O) groups is 1. The van der Waals surface area contributed by atoms with E-state index in [1.807, 2.05) is 31.2 Å². The van der Waals surface area contributed by atoms with Crippen LogP contribution in [-0.2, 0) is 4.79 Å². The molecule has 1 aromatic heterocycles. The summed E-state index contributed by atoms with van der Waals surface area (Å²) in [4.78, 5) is 16.2. The third kappa shape index (κ3) is 4.84. The van der Waals surface area contributed by atoms with Gasteiger partial charge in [-0.25, -0.2) is 4.98 Å². The van der Waals surface area contributed by atoms with Gasteiger partial charge in [-0.05, 0) is 25.0 Å². The van der Waals surface area contributed by atoms with E-state index >= 15 is 0 Å². The third-order valence-corrected chi connectivity index (χ3v) is 4.68. The fraction of sp³-hybridized carbons (Fsp3) is 0.400. The molecule has 0 saturated carbocycles. The van der Waals surface area contributed by atoms with Gasteiger partial charge in [0.1, 0.15) is 0 Å². The van der Waals surface area contributed by atoms with Crippen molar-refractivity contribution in [2.24, 2.45) is 5.92 Å². The molecule has 0 radical (unpaired) electrons. The summed E-state index contributed by atoms with van der Waals surface area (Å²) >= 11 is 4.72. The zero-order valence-corrected chi connectivity index (χ0v) is 15.2. The maximum Gasteiger partial charge on any atom is 0.230 e. The minimum absolute atomic E-state index is 0.00110. The topological polar surface area (TPSA) is 70.7 Å². The van der Waals surface area contributed by atoms with E-state index in [9.17, 15) is 4.79 Å². The van der Waals surface area contributed by atoms with Crippen molar-refractivity contribution < 1.29 is 4.79 Å². The lowest BCUT2D eigenvalue weighted by atomic mass is 10.1. The third-order valence-electron chi connectivity index (χ3n) is 3.30. The van der Waals surface area contributed by atoms with Crippen molar-refractivity contribution in [3.8, 4) is 11.4 Å². The average Bonchev–Trinajstić information content (AvgIpc) is 2.94. The van der Waals surface area contributed by atoms with Crippen LogP contribution in [0.2, 0.25) is 0 Å². The van der Waals surface area contributed by atoms with E-state index in [4.69, 9.17) is 0 Å². The van der Waals surface area contributed by atoms with Crippen LogP contribution in [0.1, 0.15) is 20.8 Å². The number of halogens is 1. The van der Waals surface area contributed by atoms with Crippen LogP contribution in [0.5, 0.6) is 0 Å². The Morgan fingerprint density at radius 3 is 2.64 bits per heavy atom. The number of nitrogens with zero attached hydrogens (tertiary/aromatic N) is 2. The Morgan fingerprint density at radius 2 is 2.00 bits per heavy atom. The van der Waals surface area contributed by atoms with E-state index in [0.717, 1.165) is 10.0 Å². The van der Waals surface area contributed by atoms with Gasteiger partial charge in [-0.15, -0.1) is 5.10 Å². The van der Waals surface area contributed by atoms with Crippen molar-refractivity contribution in [2.45, 2.75) is 32.0 Å². The summed E-state index contributed by atoms with van der Waals surface area (Å²) in [7, 11) is 0. The minimum Gasteiger partial charge on any atom is -0.353 e. The number of H-pyrrole nitrogens is 1. The number of nitrogens with one attached hydrogen (secondary N) is 2. The van der Waals surface area contributed by atoms with E-state index in [1.165, 1.54) is 11.8 Å². The quantitative estimate of drug-likeness (QED) is 0.750. The van der Waals surface area contributed by atoms with Gasteiger partial charge in [0.05, 0.1) is 5.75 Å². The zero-order chi connectivity index (χ0) is 16.1. The maximum atomic E-state index is 11.8. The Balaban J connectivity index is 1.90. The summed E-state index contributed by atoms with van der Waals surface area (Å²) in [5, 5.41) is 10.6. The predicted molar refractivity (Wildman–Crippen MR) is 92.7 cm³/mol. The van der Waals surface area contributed by atoms with Gasteiger partial charge in [0.15, 0.2) is 5.82 Å². The predicted octanol–water partition coefficient (Wildman–Crippen LogP) is 3.49. The molecule has 2 N–H and O–H groups in total. The Hall–Kier alpha value is -1.34. The molecule has 0 spiro atoms. The van der Waals surface area contributed by atoms with E-state index < -0.39 is 0 Å². The summed E-state index contributed by atoms with van der Waals surface area (Å²) in [5.41, 5.74) is 0.959. The number of hydrogen-bond donors (Lipinski definition) is 2. The van der Waals surface area contributed by atoms with Gasteiger partial charge in [0, 0.05) is 16.1 Å².